The number of hydrogen-bond acceptors (Lipinski definition) is 2. The minimum absolute atomic E-state index is 1.08. The monoisotopic (exact) mass is 388 g/mol. The van der Waals surface area contributed by atoms with E-state index in [1.165, 1.54) is 0 Å². The number of nitrogens with one attached hydrogen (secondary N) is 2. The van der Waals surface area contributed by atoms with Crippen molar-refractivity contribution in [2.24, 2.45) is 0 Å². The van der Waals surface area contributed by atoms with E-state index >= 15 is 0 Å². The summed E-state index contributed by atoms with van der Waals surface area (Å²) in [6.45, 7) is 0. The number of H-pyrrole nitrogens is 2. The Labute approximate surface area is 96.9 Å². The van der Waals surface area contributed by atoms with Gasteiger partial charge in [0.1, 0.15) is 0 Å². The maximum atomic E-state index is 3.76. The third-order valence-electron chi connectivity index (χ3n) is 0.930. The van der Waals surface area contributed by atoms with E-state index in [2.05, 4.69) is 65.1 Å². The van der Waals surface area contributed by atoms with Crippen LogP contribution in [0.3, 0.4) is 0 Å². The van der Waals surface area contributed by atoms with Crippen molar-refractivity contribution >= 4 is 45.2 Å². The molecule has 0 aliphatic carbocycles. The summed E-state index contributed by atoms with van der Waals surface area (Å²) in [6.07, 6.45) is 6.84. The van der Waals surface area contributed by atoms with Crippen LogP contribution in [0.2, 0.25) is 0 Å². The van der Waals surface area contributed by atoms with Gasteiger partial charge in [0.05, 0.1) is 32.4 Å². The number of aromatic nitrogens is 4. The molecule has 0 fully saturated rings. The Morgan fingerprint density at radius 1 is 0.917 bits per heavy atom. The molecule has 0 bridgehead atoms. The van der Waals surface area contributed by atoms with Gasteiger partial charge in [-0.2, -0.15) is 0 Å². The van der Waals surface area contributed by atoms with Crippen molar-refractivity contribution in [1.82, 2.24) is 19.9 Å². The molecule has 0 radical (unpaired) electrons. The average molecular weight is 388 g/mol. The van der Waals surface area contributed by atoms with Crippen LogP contribution in [0.5, 0.6) is 0 Å². The molecule has 2 rings (SSSR count). The summed E-state index contributed by atoms with van der Waals surface area (Å²) in [5.74, 6) is 0. The molecule has 6 heteroatoms. The molecule has 4 nitrogen and oxygen atoms in total. The predicted octanol–water partition coefficient (Wildman–Crippen LogP) is 2.03. The minimum atomic E-state index is 1.08. The molecule has 0 aliphatic heterocycles. The molecule has 0 saturated heterocycles. The molecule has 0 aliphatic rings. The Hall–Kier alpha value is -0.120. The molecule has 2 aromatic heterocycles. The Balaban J connectivity index is 0.000000120. The summed E-state index contributed by atoms with van der Waals surface area (Å²) in [4.78, 5) is 13.3. The maximum absolute atomic E-state index is 3.76. The second-order valence-electron chi connectivity index (χ2n) is 1.80. The van der Waals surface area contributed by atoms with Crippen LogP contribution in [0.25, 0.3) is 0 Å². The molecule has 0 aromatic carbocycles. The van der Waals surface area contributed by atoms with Crippen molar-refractivity contribution < 1.29 is 0 Å². The van der Waals surface area contributed by atoms with Gasteiger partial charge in [0.2, 0.25) is 0 Å². The summed E-state index contributed by atoms with van der Waals surface area (Å²) in [5.41, 5.74) is 0. The molecular formula is C6H6I2N4. The Morgan fingerprint density at radius 2 is 1.33 bits per heavy atom. The van der Waals surface area contributed by atoms with E-state index in [9.17, 15) is 0 Å². The molecule has 0 amide bonds. The molecule has 2 N–H and O–H groups in total. The van der Waals surface area contributed by atoms with E-state index in [0.717, 1.165) is 7.40 Å². The fourth-order valence-corrected chi connectivity index (χ4v) is 1.08. The number of hydrogen-bond donors (Lipinski definition) is 2. The third-order valence-corrected chi connectivity index (χ3v) is 2.11. The fraction of sp³-hybridized carbons (Fsp3) is 0. The van der Waals surface area contributed by atoms with Crippen molar-refractivity contribution in [2.75, 3.05) is 0 Å². The smallest absolute Gasteiger partial charge is 0.0968 e. The largest absolute Gasteiger partial charge is 0.340 e. The number of halogens is 2. The number of rotatable bonds is 0. The third kappa shape index (κ3) is 4.04. The first-order valence-electron chi connectivity index (χ1n) is 3.07. The van der Waals surface area contributed by atoms with Crippen LogP contribution in [0.15, 0.2) is 25.0 Å². The van der Waals surface area contributed by atoms with Crippen molar-refractivity contribution in [3.8, 4) is 0 Å². The van der Waals surface area contributed by atoms with E-state index in [1.807, 2.05) is 0 Å². The van der Waals surface area contributed by atoms with Crippen LogP contribution >= 0.6 is 45.2 Å². The summed E-state index contributed by atoms with van der Waals surface area (Å²) in [7, 11) is 0. The second kappa shape index (κ2) is 5.51. The van der Waals surface area contributed by atoms with Gasteiger partial charge in [-0.15, -0.1) is 0 Å². The van der Waals surface area contributed by atoms with Crippen LogP contribution in [0.1, 0.15) is 0 Å². The van der Waals surface area contributed by atoms with Gasteiger partial charge in [-0.05, 0) is 45.2 Å². The lowest BCUT2D eigenvalue weighted by Gasteiger charge is -1.64. The van der Waals surface area contributed by atoms with Crippen LogP contribution in [0, 0.1) is 7.40 Å². The lowest BCUT2D eigenvalue weighted by Crippen LogP contribution is -1.57. The average Bonchev–Trinajstić information content (AvgIpc) is 2.63. The maximum Gasteiger partial charge on any atom is 0.0968 e. The molecule has 2 heterocycles. The fourth-order valence-electron chi connectivity index (χ4n) is 0.478. The lowest BCUT2D eigenvalue weighted by molar-refractivity contribution is 1.30. The zero-order valence-electron chi connectivity index (χ0n) is 5.96. The zero-order valence-corrected chi connectivity index (χ0v) is 10.3. The Morgan fingerprint density at radius 3 is 1.42 bits per heavy atom. The predicted molar refractivity (Wildman–Crippen MR) is 62.6 cm³/mol. The standard InChI is InChI=1S/2C3H3IN2/c2*4-3-1-5-2-6-3/h2*1-2H,(H,5,6). The Kier molecular flexibility index (Phi) is 4.58. The van der Waals surface area contributed by atoms with Crippen molar-refractivity contribution in [3.63, 3.8) is 0 Å². The highest BCUT2D eigenvalue weighted by molar-refractivity contribution is 14.1. The lowest BCUT2D eigenvalue weighted by atomic mass is 11.0. The first-order valence-corrected chi connectivity index (χ1v) is 5.22. The second-order valence-corrected chi connectivity index (χ2v) is 4.12. The highest BCUT2D eigenvalue weighted by Crippen LogP contribution is 1.93. The molecule has 0 atom stereocenters. The van der Waals surface area contributed by atoms with Crippen LogP contribution in [-0.2, 0) is 0 Å². The summed E-state index contributed by atoms with van der Waals surface area (Å²) < 4.78 is 2.15. The SMILES string of the molecule is Ic1cnc[nH]1.Ic1cnc[nH]1. The van der Waals surface area contributed by atoms with Crippen molar-refractivity contribution in [1.29, 1.82) is 0 Å². The van der Waals surface area contributed by atoms with Crippen LogP contribution < -0.4 is 0 Å². The summed E-state index contributed by atoms with van der Waals surface area (Å²) in [5, 5.41) is 0. The summed E-state index contributed by atoms with van der Waals surface area (Å²) >= 11 is 4.31. The summed E-state index contributed by atoms with van der Waals surface area (Å²) in [6, 6.07) is 0. The van der Waals surface area contributed by atoms with E-state index in [0.29, 0.717) is 0 Å². The van der Waals surface area contributed by atoms with Gasteiger partial charge >= 0.3 is 0 Å². The Bertz CT molecular complexity index is 257. The minimum Gasteiger partial charge on any atom is -0.340 e. The van der Waals surface area contributed by atoms with E-state index in [-0.39, 0.29) is 0 Å². The van der Waals surface area contributed by atoms with Gasteiger partial charge < -0.3 is 9.97 Å². The molecule has 12 heavy (non-hydrogen) atoms. The van der Waals surface area contributed by atoms with Gasteiger partial charge in [-0.1, -0.05) is 0 Å². The molecule has 0 saturated carbocycles. The normalized spacial score (nSPS) is 8.83. The molecule has 0 spiro atoms. The quantitative estimate of drug-likeness (QED) is 0.679. The van der Waals surface area contributed by atoms with Crippen LogP contribution in [0.4, 0.5) is 0 Å². The van der Waals surface area contributed by atoms with E-state index < -0.39 is 0 Å². The molecule has 2 aromatic rings. The first kappa shape index (κ1) is 9.96. The highest BCUT2D eigenvalue weighted by Gasteiger charge is 1.76. The van der Waals surface area contributed by atoms with E-state index in [4.69, 9.17) is 0 Å². The number of nitrogens with zero attached hydrogens (tertiary/aromatic N) is 2. The van der Waals surface area contributed by atoms with Gasteiger partial charge in [-0.3, -0.25) is 0 Å². The van der Waals surface area contributed by atoms with Crippen LogP contribution in [-0.4, -0.2) is 19.9 Å². The first-order chi connectivity index (χ1) is 5.79. The number of imidazole rings is 2. The molecule has 64 valence electrons. The van der Waals surface area contributed by atoms with E-state index in [1.54, 1.807) is 25.0 Å². The van der Waals surface area contributed by atoms with Crippen molar-refractivity contribution in [3.05, 3.63) is 32.4 Å². The highest BCUT2D eigenvalue weighted by atomic mass is 127. The number of aromatic amines is 2. The van der Waals surface area contributed by atoms with Crippen molar-refractivity contribution in [2.45, 2.75) is 0 Å². The molecule has 0 unspecified atom stereocenters. The molecular weight excluding hydrogens is 382 g/mol. The van der Waals surface area contributed by atoms with Gasteiger partial charge in [0, 0.05) is 0 Å². The topological polar surface area (TPSA) is 57.4 Å². The van der Waals surface area contributed by atoms with Gasteiger partial charge in [-0.25, -0.2) is 9.97 Å². The van der Waals surface area contributed by atoms with Gasteiger partial charge in [0.15, 0.2) is 0 Å². The van der Waals surface area contributed by atoms with Gasteiger partial charge in [0.25, 0.3) is 0 Å². The zero-order chi connectivity index (χ0) is 8.81.